The molecule has 3 heteroatoms. The molecule has 2 nitrogen and oxygen atoms in total. The number of rotatable bonds is 7. The van der Waals surface area contributed by atoms with E-state index < -0.39 is 0 Å². The summed E-state index contributed by atoms with van der Waals surface area (Å²) in [6, 6.07) is 8.98. The molecule has 0 saturated carbocycles. The normalized spacial score (nSPS) is 16.2. The molecular formula is C17H25NOS. The van der Waals surface area contributed by atoms with Crippen LogP contribution in [-0.2, 0) is 11.2 Å². The fraction of sp³-hybridized carbons (Fsp3) is 0.529. The van der Waals surface area contributed by atoms with Gasteiger partial charge < -0.3 is 10.1 Å². The Bertz CT molecular complexity index is 545. The summed E-state index contributed by atoms with van der Waals surface area (Å²) in [5.74, 6) is 0. The van der Waals surface area contributed by atoms with Crippen molar-refractivity contribution in [3.8, 4) is 0 Å². The van der Waals surface area contributed by atoms with E-state index in [2.05, 4.69) is 55.7 Å². The molecule has 1 aromatic carbocycles. The van der Waals surface area contributed by atoms with Crippen LogP contribution in [-0.4, -0.2) is 25.3 Å². The van der Waals surface area contributed by atoms with Gasteiger partial charge in [-0.3, -0.25) is 0 Å². The molecule has 2 rings (SSSR count). The van der Waals surface area contributed by atoms with Gasteiger partial charge in [0.15, 0.2) is 0 Å². The number of hydrogen-bond acceptors (Lipinski definition) is 3. The van der Waals surface area contributed by atoms with Crippen molar-refractivity contribution in [3.05, 3.63) is 35.2 Å². The maximum Gasteiger partial charge on any atom is 0.0803 e. The Morgan fingerprint density at radius 3 is 2.70 bits per heavy atom. The predicted octanol–water partition coefficient (Wildman–Crippen LogP) is 4.24. The van der Waals surface area contributed by atoms with Gasteiger partial charge in [-0.05, 0) is 48.7 Å². The van der Waals surface area contributed by atoms with Crippen molar-refractivity contribution >= 4 is 21.4 Å². The number of nitrogens with one attached hydrogen (secondary N) is 1. The van der Waals surface area contributed by atoms with Crippen molar-refractivity contribution in [1.82, 2.24) is 5.32 Å². The van der Waals surface area contributed by atoms with Crippen molar-refractivity contribution in [2.24, 2.45) is 0 Å². The zero-order valence-corrected chi connectivity index (χ0v) is 13.7. The number of benzene rings is 1. The second-order valence-electron chi connectivity index (χ2n) is 5.44. The van der Waals surface area contributed by atoms with E-state index in [1.807, 2.05) is 18.4 Å². The molecule has 20 heavy (non-hydrogen) atoms. The van der Waals surface area contributed by atoms with Crippen LogP contribution in [0.2, 0.25) is 0 Å². The number of hydrogen-bond donors (Lipinski definition) is 1. The summed E-state index contributed by atoms with van der Waals surface area (Å²) in [7, 11) is 1.82. The molecule has 2 unspecified atom stereocenters. The first-order chi connectivity index (χ1) is 9.64. The van der Waals surface area contributed by atoms with Crippen LogP contribution in [0.1, 0.15) is 32.8 Å². The Balaban J connectivity index is 2.28. The fourth-order valence-electron chi connectivity index (χ4n) is 2.69. The van der Waals surface area contributed by atoms with Gasteiger partial charge in [0.05, 0.1) is 5.60 Å². The highest BCUT2D eigenvalue weighted by Crippen LogP contribution is 2.29. The first-order valence-corrected chi connectivity index (χ1v) is 8.26. The first-order valence-electron chi connectivity index (χ1n) is 7.38. The molecule has 110 valence electrons. The van der Waals surface area contributed by atoms with Crippen molar-refractivity contribution in [3.63, 3.8) is 0 Å². The van der Waals surface area contributed by atoms with Crippen LogP contribution < -0.4 is 5.32 Å². The Kier molecular flexibility index (Phi) is 5.19. The van der Waals surface area contributed by atoms with Crippen LogP contribution in [0, 0.1) is 0 Å². The Morgan fingerprint density at radius 1 is 1.30 bits per heavy atom. The van der Waals surface area contributed by atoms with Crippen molar-refractivity contribution < 1.29 is 4.74 Å². The highest BCUT2D eigenvalue weighted by atomic mass is 32.1. The molecule has 0 fully saturated rings. The molecule has 0 amide bonds. The zero-order chi connectivity index (χ0) is 14.6. The van der Waals surface area contributed by atoms with Gasteiger partial charge in [0, 0.05) is 17.9 Å². The number of methoxy groups -OCH3 is 1. The van der Waals surface area contributed by atoms with E-state index >= 15 is 0 Å². The van der Waals surface area contributed by atoms with Crippen LogP contribution in [0.4, 0.5) is 0 Å². The molecule has 0 aliphatic carbocycles. The van der Waals surface area contributed by atoms with Crippen molar-refractivity contribution in [1.29, 1.82) is 0 Å². The highest BCUT2D eigenvalue weighted by Gasteiger charge is 2.32. The Hall–Kier alpha value is -0.900. The van der Waals surface area contributed by atoms with Gasteiger partial charge in [-0.15, -0.1) is 11.3 Å². The molecule has 2 aromatic rings. The van der Waals surface area contributed by atoms with Crippen LogP contribution in [0.15, 0.2) is 29.6 Å². The molecule has 1 heterocycles. The summed E-state index contributed by atoms with van der Waals surface area (Å²) in [5, 5.41) is 7.28. The topological polar surface area (TPSA) is 21.3 Å². The van der Waals surface area contributed by atoms with Gasteiger partial charge in [-0.2, -0.15) is 0 Å². The molecule has 0 aliphatic heterocycles. The quantitative estimate of drug-likeness (QED) is 0.824. The average Bonchev–Trinajstić information content (AvgIpc) is 2.89. The van der Waals surface area contributed by atoms with Crippen LogP contribution in [0.5, 0.6) is 0 Å². The fourth-order valence-corrected chi connectivity index (χ4v) is 3.67. The lowest BCUT2D eigenvalue weighted by Gasteiger charge is -2.36. The monoisotopic (exact) mass is 291 g/mol. The van der Waals surface area contributed by atoms with E-state index in [4.69, 9.17) is 4.74 Å². The van der Waals surface area contributed by atoms with Crippen LogP contribution in [0.3, 0.4) is 0 Å². The van der Waals surface area contributed by atoms with E-state index in [9.17, 15) is 0 Å². The largest absolute Gasteiger partial charge is 0.377 e. The molecule has 0 saturated heterocycles. The number of fused-ring (bicyclic) bond motifs is 1. The lowest BCUT2D eigenvalue weighted by Crippen LogP contribution is -2.51. The van der Waals surface area contributed by atoms with Crippen molar-refractivity contribution in [2.45, 2.75) is 45.3 Å². The molecule has 0 aliphatic rings. The van der Waals surface area contributed by atoms with E-state index in [-0.39, 0.29) is 5.60 Å². The molecule has 0 bridgehead atoms. The second kappa shape index (κ2) is 6.70. The minimum Gasteiger partial charge on any atom is -0.377 e. The number of thiophene rings is 1. The minimum absolute atomic E-state index is 0.126. The van der Waals surface area contributed by atoms with Crippen molar-refractivity contribution in [2.75, 3.05) is 13.7 Å². The standard InChI is InChI=1S/C17H25NOS/c1-5-17(3,19-4)16(18-6-2)11-13-12-20-15-10-8-7-9-14(13)15/h7-10,12,16,18H,5-6,11H2,1-4H3. The highest BCUT2D eigenvalue weighted by molar-refractivity contribution is 7.17. The molecule has 1 N–H and O–H groups in total. The van der Waals surface area contributed by atoms with E-state index in [0.717, 1.165) is 19.4 Å². The average molecular weight is 291 g/mol. The molecular weight excluding hydrogens is 266 g/mol. The third kappa shape index (κ3) is 3.05. The Morgan fingerprint density at radius 2 is 2.05 bits per heavy atom. The lowest BCUT2D eigenvalue weighted by atomic mass is 9.88. The van der Waals surface area contributed by atoms with Gasteiger partial charge in [0.25, 0.3) is 0 Å². The molecule has 0 radical (unpaired) electrons. The summed E-state index contributed by atoms with van der Waals surface area (Å²) in [6.07, 6.45) is 2.01. The lowest BCUT2D eigenvalue weighted by molar-refractivity contribution is -0.0282. The predicted molar refractivity (Wildman–Crippen MR) is 88.7 cm³/mol. The molecule has 0 spiro atoms. The summed E-state index contributed by atoms with van der Waals surface area (Å²) in [4.78, 5) is 0. The molecule has 2 atom stereocenters. The minimum atomic E-state index is -0.126. The van der Waals surface area contributed by atoms with E-state index in [0.29, 0.717) is 6.04 Å². The van der Waals surface area contributed by atoms with E-state index in [1.54, 1.807) is 0 Å². The van der Waals surface area contributed by atoms with Gasteiger partial charge in [-0.25, -0.2) is 0 Å². The first kappa shape index (κ1) is 15.5. The second-order valence-corrected chi connectivity index (χ2v) is 6.35. The van der Waals surface area contributed by atoms with Gasteiger partial charge in [-0.1, -0.05) is 32.0 Å². The number of ether oxygens (including phenoxy) is 1. The van der Waals surface area contributed by atoms with Gasteiger partial charge in [0.2, 0.25) is 0 Å². The summed E-state index contributed by atoms with van der Waals surface area (Å²) in [6.45, 7) is 7.52. The third-order valence-electron chi connectivity index (χ3n) is 4.34. The summed E-state index contributed by atoms with van der Waals surface area (Å²) < 4.78 is 7.17. The Labute approximate surface area is 126 Å². The third-order valence-corrected chi connectivity index (χ3v) is 5.35. The molecule has 1 aromatic heterocycles. The van der Waals surface area contributed by atoms with Crippen LogP contribution >= 0.6 is 11.3 Å². The smallest absolute Gasteiger partial charge is 0.0803 e. The van der Waals surface area contributed by atoms with E-state index in [1.165, 1.54) is 15.6 Å². The maximum absolute atomic E-state index is 5.80. The van der Waals surface area contributed by atoms with Crippen LogP contribution in [0.25, 0.3) is 10.1 Å². The number of likely N-dealkylation sites (N-methyl/N-ethyl adjacent to an activating group) is 1. The zero-order valence-electron chi connectivity index (χ0n) is 12.9. The summed E-state index contributed by atoms with van der Waals surface area (Å²) >= 11 is 1.83. The SMILES string of the molecule is CCNC(Cc1csc2ccccc12)C(C)(CC)OC. The van der Waals surface area contributed by atoms with Gasteiger partial charge in [0.1, 0.15) is 0 Å². The maximum atomic E-state index is 5.80. The summed E-state index contributed by atoms with van der Waals surface area (Å²) in [5.41, 5.74) is 1.30. The van der Waals surface area contributed by atoms with Gasteiger partial charge >= 0.3 is 0 Å².